The van der Waals surface area contributed by atoms with Crippen LogP contribution in [0.3, 0.4) is 0 Å². The van der Waals surface area contributed by atoms with Gasteiger partial charge in [-0.1, -0.05) is 38.8 Å². The minimum absolute atomic E-state index is 0.235. The number of benzene rings is 1. The van der Waals surface area contributed by atoms with Gasteiger partial charge in [0.05, 0.1) is 0 Å². The molecule has 0 spiro atoms. The first-order chi connectivity index (χ1) is 8.52. The number of halogens is 3. The molecule has 0 aliphatic rings. The van der Waals surface area contributed by atoms with E-state index in [1.54, 1.807) is 6.07 Å². The van der Waals surface area contributed by atoms with Gasteiger partial charge in [0.15, 0.2) is 0 Å². The SMILES string of the molecule is CC(CBr)CCCNC(=O)c1cc(F)cc(Br)c1. The highest BCUT2D eigenvalue weighted by atomic mass is 79.9. The monoisotopic (exact) mass is 379 g/mol. The molecule has 18 heavy (non-hydrogen) atoms. The predicted octanol–water partition coefficient (Wildman–Crippen LogP) is 4.13. The van der Waals surface area contributed by atoms with Crippen LogP contribution in [0.25, 0.3) is 0 Å². The molecule has 100 valence electrons. The van der Waals surface area contributed by atoms with E-state index in [1.807, 2.05) is 0 Å². The molecule has 0 aromatic heterocycles. The molecule has 0 saturated heterocycles. The smallest absolute Gasteiger partial charge is 0.251 e. The average Bonchev–Trinajstić information content (AvgIpc) is 2.32. The van der Waals surface area contributed by atoms with E-state index in [4.69, 9.17) is 0 Å². The number of alkyl halides is 1. The number of hydrogen-bond acceptors (Lipinski definition) is 1. The highest BCUT2D eigenvalue weighted by Gasteiger charge is 2.08. The quantitative estimate of drug-likeness (QED) is 0.583. The van der Waals surface area contributed by atoms with E-state index < -0.39 is 5.82 Å². The van der Waals surface area contributed by atoms with Crippen LogP contribution in [0.4, 0.5) is 4.39 Å². The maximum atomic E-state index is 13.1. The molecule has 0 radical (unpaired) electrons. The second-order valence-electron chi connectivity index (χ2n) is 4.32. The second-order valence-corrected chi connectivity index (χ2v) is 5.88. The summed E-state index contributed by atoms with van der Waals surface area (Å²) in [6.45, 7) is 2.77. The number of carbonyl (C=O) groups excluding carboxylic acids is 1. The summed E-state index contributed by atoms with van der Waals surface area (Å²) in [5.41, 5.74) is 0.343. The molecule has 1 atom stereocenters. The third-order valence-electron chi connectivity index (χ3n) is 2.55. The third-order valence-corrected chi connectivity index (χ3v) is 4.11. The zero-order chi connectivity index (χ0) is 13.5. The molecule has 0 aliphatic carbocycles. The average molecular weight is 381 g/mol. The lowest BCUT2D eigenvalue weighted by molar-refractivity contribution is 0.0952. The Bertz CT molecular complexity index is 392. The second kappa shape index (κ2) is 7.89. The summed E-state index contributed by atoms with van der Waals surface area (Å²) in [6, 6.07) is 4.18. The lowest BCUT2D eigenvalue weighted by Gasteiger charge is -2.08. The van der Waals surface area contributed by atoms with Crippen molar-refractivity contribution in [3.8, 4) is 0 Å². The summed E-state index contributed by atoms with van der Waals surface area (Å²) in [7, 11) is 0. The molecule has 1 unspecified atom stereocenters. The molecule has 0 saturated carbocycles. The number of nitrogens with one attached hydrogen (secondary N) is 1. The zero-order valence-electron chi connectivity index (χ0n) is 10.2. The number of amides is 1. The van der Waals surface area contributed by atoms with Crippen LogP contribution < -0.4 is 5.32 Å². The van der Waals surface area contributed by atoms with Gasteiger partial charge < -0.3 is 5.32 Å². The number of carbonyl (C=O) groups is 1. The molecule has 0 aliphatic heterocycles. The third kappa shape index (κ3) is 5.48. The van der Waals surface area contributed by atoms with Crippen LogP contribution in [0.15, 0.2) is 22.7 Å². The molecule has 5 heteroatoms. The Morgan fingerprint density at radius 3 is 2.78 bits per heavy atom. The van der Waals surface area contributed by atoms with Gasteiger partial charge in [-0.05, 0) is 37.0 Å². The van der Waals surface area contributed by atoms with Crippen molar-refractivity contribution in [2.75, 3.05) is 11.9 Å². The molecule has 1 rings (SSSR count). The first-order valence-corrected chi connectivity index (χ1v) is 7.74. The molecular formula is C13H16Br2FNO. The molecule has 2 nitrogen and oxygen atoms in total. The summed E-state index contributed by atoms with van der Waals surface area (Å²) in [4.78, 5) is 11.8. The fourth-order valence-corrected chi connectivity index (χ4v) is 2.31. The summed E-state index contributed by atoms with van der Waals surface area (Å²) < 4.78 is 13.7. The topological polar surface area (TPSA) is 29.1 Å². The fourth-order valence-electron chi connectivity index (χ4n) is 1.52. The van der Waals surface area contributed by atoms with Crippen molar-refractivity contribution in [2.24, 2.45) is 5.92 Å². The highest BCUT2D eigenvalue weighted by molar-refractivity contribution is 9.10. The van der Waals surface area contributed by atoms with Crippen molar-refractivity contribution in [1.82, 2.24) is 5.32 Å². The van der Waals surface area contributed by atoms with E-state index in [-0.39, 0.29) is 5.91 Å². The van der Waals surface area contributed by atoms with Gasteiger partial charge in [-0.3, -0.25) is 4.79 Å². The Labute approximate surface area is 124 Å². The molecule has 0 bridgehead atoms. The number of hydrogen-bond donors (Lipinski definition) is 1. The molecule has 0 fully saturated rings. The van der Waals surface area contributed by atoms with Gasteiger partial charge in [-0.2, -0.15) is 0 Å². The van der Waals surface area contributed by atoms with Gasteiger partial charge in [0.2, 0.25) is 0 Å². The van der Waals surface area contributed by atoms with Crippen LogP contribution in [-0.2, 0) is 0 Å². The van der Waals surface area contributed by atoms with Gasteiger partial charge in [0, 0.05) is 21.9 Å². The predicted molar refractivity (Wildman–Crippen MR) is 78.6 cm³/mol. The van der Waals surface area contributed by atoms with E-state index in [1.165, 1.54) is 12.1 Å². The Morgan fingerprint density at radius 1 is 1.44 bits per heavy atom. The van der Waals surface area contributed by atoms with Crippen molar-refractivity contribution in [2.45, 2.75) is 19.8 Å². The largest absolute Gasteiger partial charge is 0.352 e. The Kier molecular flexibility index (Phi) is 6.86. The molecule has 1 N–H and O–H groups in total. The van der Waals surface area contributed by atoms with E-state index in [0.717, 1.165) is 18.2 Å². The lowest BCUT2D eigenvalue weighted by atomic mass is 10.1. The van der Waals surface area contributed by atoms with Crippen molar-refractivity contribution in [1.29, 1.82) is 0 Å². The van der Waals surface area contributed by atoms with Gasteiger partial charge in [-0.15, -0.1) is 0 Å². The van der Waals surface area contributed by atoms with Crippen LogP contribution in [0.1, 0.15) is 30.1 Å². The first-order valence-electron chi connectivity index (χ1n) is 5.83. The normalized spacial score (nSPS) is 12.2. The Hall–Kier alpha value is -0.420. The molecular weight excluding hydrogens is 365 g/mol. The van der Waals surface area contributed by atoms with Crippen LogP contribution in [0.2, 0.25) is 0 Å². The van der Waals surface area contributed by atoms with E-state index in [0.29, 0.717) is 22.5 Å². The van der Waals surface area contributed by atoms with Crippen LogP contribution >= 0.6 is 31.9 Å². The van der Waals surface area contributed by atoms with Crippen molar-refractivity contribution in [3.05, 3.63) is 34.1 Å². The molecule has 1 aromatic rings. The first kappa shape index (κ1) is 15.6. The fraction of sp³-hybridized carbons (Fsp3) is 0.462. The zero-order valence-corrected chi connectivity index (χ0v) is 13.4. The summed E-state index contributed by atoms with van der Waals surface area (Å²) in [5, 5.41) is 3.76. The van der Waals surface area contributed by atoms with E-state index in [2.05, 4.69) is 44.1 Å². The molecule has 1 aromatic carbocycles. The van der Waals surface area contributed by atoms with Crippen molar-refractivity contribution < 1.29 is 9.18 Å². The van der Waals surface area contributed by atoms with Crippen LogP contribution in [0, 0.1) is 11.7 Å². The van der Waals surface area contributed by atoms with Gasteiger partial charge >= 0.3 is 0 Å². The van der Waals surface area contributed by atoms with Crippen LogP contribution in [0.5, 0.6) is 0 Å². The summed E-state index contributed by atoms with van der Waals surface area (Å²) >= 11 is 6.58. The van der Waals surface area contributed by atoms with Crippen molar-refractivity contribution in [3.63, 3.8) is 0 Å². The van der Waals surface area contributed by atoms with Crippen LogP contribution in [-0.4, -0.2) is 17.8 Å². The minimum atomic E-state index is -0.414. The van der Waals surface area contributed by atoms with Gasteiger partial charge in [0.25, 0.3) is 5.91 Å². The molecule has 1 amide bonds. The summed E-state index contributed by atoms with van der Waals surface area (Å²) in [5.74, 6) is -0.0469. The Morgan fingerprint density at radius 2 is 2.17 bits per heavy atom. The van der Waals surface area contributed by atoms with E-state index in [9.17, 15) is 9.18 Å². The van der Waals surface area contributed by atoms with E-state index >= 15 is 0 Å². The number of rotatable bonds is 6. The minimum Gasteiger partial charge on any atom is -0.352 e. The Balaban J connectivity index is 2.41. The van der Waals surface area contributed by atoms with Crippen molar-refractivity contribution >= 4 is 37.8 Å². The summed E-state index contributed by atoms with van der Waals surface area (Å²) in [6.07, 6.45) is 1.98. The highest BCUT2D eigenvalue weighted by Crippen LogP contribution is 2.15. The standard InChI is InChI=1S/C13H16Br2FNO/c1-9(8-14)3-2-4-17-13(18)10-5-11(15)7-12(16)6-10/h5-7,9H,2-4,8H2,1H3,(H,17,18). The lowest BCUT2D eigenvalue weighted by Crippen LogP contribution is -2.24. The molecule has 0 heterocycles. The maximum Gasteiger partial charge on any atom is 0.251 e. The van der Waals surface area contributed by atoms with Gasteiger partial charge in [0.1, 0.15) is 5.82 Å². The van der Waals surface area contributed by atoms with Gasteiger partial charge in [-0.25, -0.2) is 4.39 Å². The maximum absolute atomic E-state index is 13.1.